The predicted octanol–water partition coefficient (Wildman–Crippen LogP) is 3.98. The monoisotopic (exact) mass is 463 g/mol. The van der Waals surface area contributed by atoms with Crippen molar-refractivity contribution < 1.29 is 4.79 Å². The van der Waals surface area contributed by atoms with Crippen LogP contribution >= 0.6 is 11.6 Å². The smallest absolute Gasteiger partial charge is 0.226 e. The SMILES string of the molecule is CCC1(C(=O)NC2CCC2)CCN(c2ccc(-c3nc(Cl)cn4ncc(C#N)c34)cn2)CC1. The number of halogens is 1. The lowest BCUT2D eigenvalue weighted by Gasteiger charge is -2.42. The number of carbonyl (C=O) groups is 1. The topological polar surface area (TPSA) is 99.2 Å². The van der Waals surface area contributed by atoms with Gasteiger partial charge in [0, 0.05) is 30.9 Å². The molecule has 0 atom stereocenters. The third kappa shape index (κ3) is 3.91. The molecule has 3 aromatic heterocycles. The predicted molar refractivity (Wildman–Crippen MR) is 126 cm³/mol. The molecule has 0 bridgehead atoms. The van der Waals surface area contributed by atoms with Crippen molar-refractivity contribution in [2.75, 3.05) is 18.0 Å². The fraction of sp³-hybridized carbons (Fsp3) is 0.458. The number of rotatable bonds is 5. The molecule has 9 heteroatoms. The summed E-state index contributed by atoms with van der Waals surface area (Å²) in [7, 11) is 0. The summed E-state index contributed by atoms with van der Waals surface area (Å²) in [6.45, 7) is 3.70. The molecular formula is C24H26ClN7O. The van der Waals surface area contributed by atoms with Gasteiger partial charge in [0.05, 0.1) is 17.8 Å². The third-order valence-corrected chi connectivity index (χ3v) is 7.43. The summed E-state index contributed by atoms with van der Waals surface area (Å²) in [5, 5.41) is 17.2. The number of anilines is 1. The van der Waals surface area contributed by atoms with Crippen molar-refractivity contribution in [2.45, 2.75) is 51.5 Å². The molecule has 1 amide bonds. The Morgan fingerprint density at radius 1 is 1.30 bits per heavy atom. The van der Waals surface area contributed by atoms with Crippen LogP contribution in [0.15, 0.2) is 30.7 Å². The van der Waals surface area contributed by atoms with Gasteiger partial charge in [-0.25, -0.2) is 14.5 Å². The maximum Gasteiger partial charge on any atom is 0.226 e. The second-order valence-corrected chi connectivity index (χ2v) is 9.39. The number of nitriles is 1. The average molecular weight is 464 g/mol. The van der Waals surface area contributed by atoms with Crippen molar-refractivity contribution in [1.82, 2.24) is 24.9 Å². The van der Waals surface area contributed by atoms with Crippen molar-refractivity contribution in [3.63, 3.8) is 0 Å². The van der Waals surface area contributed by atoms with Gasteiger partial charge in [0.25, 0.3) is 0 Å². The maximum absolute atomic E-state index is 13.0. The largest absolute Gasteiger partial charge is 0.357 e. The zero-order chi connectivity index (χ0) is 23.0. The number of carbonyl (C=O) groups excluding carboxylic acids is 1. The maximum atomic E-state index is 13.0. The molecule has 1 aliphatic heterocycles. The zero-order valence-corrected chi connectivity index (χ0v) is 19.3. The van der Waals surface area contributed by atoms with Gasteiger partial charge < -0.3 is 10.2 Å². The van der Waals surface area contributed by atoms with E-state index in [0.29, 0.717) is 28.0 Å². The molecule has 2 aliphatic rings. The molecule has 170 valence electrons. The van der Waals surface area contributed by atoms with Crippen molar-refractivity contribution in [2.24, 2.45) is 5.41 Å². The number of amides is 1. The van der Waals surface area contributed by atoms with Crippen molar-refractivity contribution in [1.29, 1.82) is 5.26 Å². The van der Waals surface area contributed by atoms with Crippen LogP contribution in [0.2, 0.25) is 5.15 Å². The van der Waals surface area contributed by atoms with Gasteiger partial charge in [-0.05, 0) is 50.7 Å². The fourth-order valence-corrected chi connectivity index (χ4v) is 4.96. The Kier molecular flexibility index (Phi) is 5.67. The molecule has 2 fully saturated rings. The minimum absolute atomic E-state index is 0.225. The number of fused-ring (bicyclic) bond motifs is 1. The zero-order valence-electron chi connectivity index (χ0n) is 18.6. The first-order valence-corrected chi connectivity index (χ1v) is 11.9. The van der Waals surface area contributed by atoms with Gasteiger partial charge >= 0.3 is 0 Å². The number of piperidine rings is 1. The third-order valence-electron chi connectivity index (χ3n) is 7.25. The molecular weight excluding hydrogens is 438 g/mol. The van der Waals surface area contributed by atoms with Crippen molar-refractivity contribution in [3.05, 3.63) is 41.4 Å². The molecule has 0 spiro atoms. The molecule has 0 aromatic carbocycles. The van der Waals surface area contributed by atoms with Gasteiger partial charge in [-0.15, -0.1) is 0 Å². The van der Waals surface area contributed by atoms with Crippen LogP contribution in [0.1, 0.15) is 51.0 Å². The summed E-state index contributed by atoms with van der Waals surface area (Å²) in [4.78, 5) is 24.3. The van der Waals surface area contributed by atoms with Crippen LogP contribution in [0.4, 0.5) is 5.82 Å². The number of pyridine rings is 1. The molecule has 1 saturated heterocycles. The minimum Gasteiger partial charge on any atom is -0.357 e. The second-order valence-electron chi connectivity index (χ2n) is 9.00. The molecule has 1 N–H and O–H groups in total. The van der Waals surface area contributed by atoms with E-state index in [2.05, 4.69) is 38.3 Å². The Bertz CT molecular complexity index is 1220. The van der Waals surface area contributed by atoms with Gasteiger partial charge in [-0.1, -0.05) is 18.5 Å². The molecule has 5 rings (SSSR count). The van der Waals surface area contributed by atoms with Crippen molar-refractivity contribution in [3.8, 4) is 17.3 Å². The number of hydrogen-bond acceptors (Lipinski definition) is 6. The van der Waals surface area contributed by atoms with E-state index in [4.69, 9.17) is 11.6 Å². The fourth-order valence-electron chi connectivity index (χ4n) is 4.78. The van der Waals surface area contributed by atoms with Crippen LogP contribution in [0.25, 0.3) is 16.8 Å². The van der Waals surface area contributed by atoms with Crippen molar-refractivity contribution >= 4 is 28.8 Å². The summed E-state index contributed by atoms with van der Waals surface area (Å²) in [5.74, 6) is 1.10. The lowest BCUT2D eigenvalue weighted by atomic mass is 9.74. The normalized spacial score (nSPS) is 18.0. The number of nitrogens with zero attached hydrogens (tertiary/aromatic N) is 6. The van der Waals surface area contributed by atoms with Crippen LogP contribution in [0.3, 0.4) is 0 Å². The molecule has 4 heterocycles. The van der Waals surface area contributed by atoms with Crippen LogP contribution in [0.5, 0.6) is 0 Å². The van der Waals surface area contributed by atoms with Gasteiger partial charge in [-0.2, -0.15) is 10.4 Å². The molecule has 3 aromatic rings. The summed E-state index contributed by atoms with van der Waals surface area (Å²) in [5.41, 5.74) is 2.11. The molecule has 0 radical (unpaired) electrons. The molecule has 33 heavy (non-hydrogen) atoms. The van der Waals surface area contributed by atoms with E-state index in [1.165, 1.54) is 12.6 Å². The Morgan fingerprint density at radius 3 is 2.70 bits per heavy atom. The first-order valence-electron chi connectivity index (χ1n) is 11.5. The first-order chi connectivity index (χ1) is 16.0. The first kappa shape index (κ1) is 21.7. The van der Waals surface area contributed by atoms with Gasteiger partial charge in [0.15, 0.2) is 0 Å². The lowest BCUT2D eigenvalue weighted by molar-refractivity contribution is -0.133. The Hall–Kier alpha value is -3.18. The van der Waals surface area contributed by atoms with E-state index in [-0.39, 0.29) is 11.3 Å². The van der Waals surface area contributed by atoms with Crippen LogP contribution in [0, 0.1) is 16.7 Å². The summed E-state index contributed by atoms with van der Waals surface area (Å²) >= 11 is 6.17. The molecule has 1 aliphatic carbocycles. The van der Waals surface area contributed by atoms with Crippen LogP contribution in [-0.2, 0) is 4.79 Å². The summed E-state index contributed by atoms with van der Waals surface area (Å²) in [6, 6.07) is 6.44. The number of hydrogen-bond donors (Lipinski definition) is 1. The minimum atomic E-state index is -0.280. The standard InChI is InChI=1S/C24H26ClN7O/c1-2-24(23(33)29-18-4-3-5-18)8-10-31(11-9-24)20-7-6-16(13-27-20)21-22-17(12-26)14-28-32(22)15-19(25)30-21/h6-7,13-15,18H,2-5,8-11H2,1H3,(H,29,33). The van der Waals surface area contributed by atoms with Gasteiger partial charge in [0.2, 0.25) is 5.91 Å². The van der Waals surface area contributed by atoms with E-state index in [1.807, 2.05) is 12.1 Å². The van der Waals surface area contributed by atoms with E-state index in [9.17, 15) is 10.1 Å². The highest BCUT2D eigenvalue weighted by molar-refractivity contribution is 6.29. The highest BCUT2D eigenvalue weighted by Gasteiger charge is 2.41. The Balaban J connectivity index is 1.33. The Labute approximate surface area is 197 Å². The quantitative estimate of drug-likeness (QED) is 0.614. The van der Waals surface area contributed by atoms with Crippen LogP contribution in [-0.4, -0.2) is 44.6 Å². The Morgan fingerprint density at radius 2 is 2.09 bits per heavy atom. The second kappa shape index (κ2) is 8.64. The van der Waals surface area contributed by atoms with E-state index in [1.54, 1.807) is 16.9 Å². The van der Waals surface area contributed by atoms with E-state index in [0.717, 1.165) is 56.6 Å². The molecule has 0 unspecified atom stereocenters. The summed E-state index contributed by atoms with van der Waals surface area (Å²) in [6.07, 6.45) is 10.8. The van der Waals surface area contributed by atoms with Gasteiger partial charge in [-0.3, -0.25) is 4.79 Å². The summed E-state index contributed by atoms with van der Waals surface area (Å²) < 4.78 is 1.57. The highest BCUT2D eigenvalue weighted by Crippen LogP contribution is 2.37. The molecule has 1 saturated carbocycles. The number of aromatic nitrogens is 4. The van der Waals surface area contributed by atoms with Crippen LogP contribution < -0.4 is 10.2 Å². The number of nitrogens with one attached hydrogen (secondary N) is 1. The van der Waals surface area contributed by atoms with Gasteiger partial charge in [0.1, 0.15) is 33.8 Å². The van der Waals surface area contributed by atoms with E-state index < -0.39 is 0 Å². The molecule has 8 nitrogen and oxygen atoms in total. The highest BCUT2D eigenvalue weighted by atomic mass is 35.5. The lowest BCUT2D eigenvalue weighted by Crippen LogP contribution is -2.52. The van der Waals surface area contributed by atoms with E-state index >= 15 is 0 Å². The average Bonchev–Trinajstić information content (AvgIpc) is 3.23.